The first-order valence-corrected chi connectivity index (χ1v) is 9.94. The van der Waals surface area contributed by atoms with E-state index in [1.807, 2.05) is 6.92 Å². The highest BCUT2D eigenvalue weighted by Gasteiger charge is 2.22. The molecule has 0 aromatic heterocycles. The van der Waals surface area contributed by atoms with Crippen LogP contribution in [0.2, 0.25) is 0 Å². The van der Waals surface area contributed by atoms with Crippen LogP contribution in [0.1, 0.15) is 40.5 Å². The second kappa shape index (κ2) is 9.32. The lowest BCUT2D eigenvalue weighted by molar-refractivity contribution is 0.0499. The maximum atomic E-state index is 14.0. The molecule has 2 aromatic carbocycles. The second-order valence-electron chi connectivity index (χ2n) is 5.81. The van der Waals surface area contributed by atoms with Gasteiger partial charge in [0.2, 0.25) is 0 Å². The first kappa shape index (κ1) is 21.4. The normalized spacial score (nSPS) is 11.0. The molecule has 0 fully saturated rings. The van der Waals surface area contributed by atoms with Gasteiger partial charge in [-0.3, -0.25) is 4.72 Å². The van der Waals surface area contributed by atoms with Crippen molar-refractivity contribution in [2.45, 2.75) is 24.7 Å². The summed E-state index contributed by atoms with van der Waals surface area (Å²) in [4.78, 5) is 22.7. The number of hydrogen-bond acceptors (Lipinski definition) is 6. The first-order chi connectivity index (χ1) is 13.3. The number of sulfonamides is 1. The van der Waals surface area contributed by atoms with Crippen LogP contribution in [-0.2, 0) is 19.5 Å². The largest absolute Gasteiger partial charge is 0.465 e. The molecule has 9 heteroatoms. The number of rotatable bonds is 8. The van der Waals surface area contributed by atoms with E-state index in [4.69, 9.17) is 4.74 Å². The number of hydrogen-bond donors (Lipinski definition) is 1. The minimum Gasteiger partial charge on any atom is -0.465 e. The van der Waals surface area contributed by atoms with E-state index in [-0.39, 0.29) is 16.8 Å². The van der Waals surface area contributed by atoms with Gasteiger partial charge in [0, 0.05) is 5.69 Å². The second-order valence-corrected chi connectivity index (χ2v) is 7.46. The number of nitrogens with one attached hydrogen (secondary N) is 1. The first-order valence-electron chi connectivity index (χ1n) is 8.46. The summed E-state index contributed by atoms with van der Waals surface area (Å²) in [6.07, 6.45) is 1.64. The van der Waals surface area contributed by atoms with Crippen LogP contribution in [0.15, 0.2) is 47.4 Å². The summed E-state index contributed by atoms with van der Waals surface area (Å²) >= 11 is 0. The Labute approximate surface area is 162 Å². The highest BCUT2D eigenvalue weighted by molar-refractivity contribution is 7.92. The number of benzene rings is 2. The minimum atomic E-state index is -4.31. The number of methoxy groups -OCH3 is 1. The molecule has 2 rings (SSSR count). The third-order valence-corrected chi connectivity index (χ3v) is 5.14. The van der Waals surface area contributed by atoms with E-state index in [1.165, 1.54) is 24.3 Å². The summed E-state index contributed by atoms with van der Waals surface area (Å²) < 4.78 is 50.8. The molecule has 0 radical (unpaired) electrons. The molecule has 0 bridgehead atoms. The van der Waals surface area contributed by atoms with Crippen molar-refractivity contribution in [2.75, 3.05) is 18.4 Å². The molecule has 28 heavy (non-hydrogen) atoms. The third-order valence-electron chi connectivity index (χ3n) is 3.75. The fraction of sp³-hybridized carbons (Fsp3) is 0.263. The lowest BCUT2D eigenvalue weighted by Gasteiger charge is -2.10. The quantitative estimate of drug-likeness (QED) is 0.530. The Morgan fingerprint density at radius 1 is 1.04 bits per heavy atom. The SMILES string of the molecule is CCCCOC(=O)c1ccc(NS(=O)(=O)c2cc(C(=O)OC)ccc2F)cc1. The van der Waals surface area contributed by atoms with Crippen LogP contribution >= 0.6 is 0 Å². The molecule has 0 aliphatic carbocycles. The van der Waals surface area contributed by atoms with Gasteiger partial charge in [-0.1, -0.05) is 13.3 Å². The van der Waals surface area contributed by atoms with Gasteiger partial charge in [0.15, 0.2) is 0 Å². The summed E-state index contributed by atoms with van der Waals surface area (Å²) in [7, 11) is -3.18. The van der Waals surface area contributed by atoms with Gasteiger partial charge in [0.05, 0.1) is 24.8 Å². The summed E-state index contributed by atoms with van der Waals surface area (Å²) in [6.45, 7) is 2.28. The number of ether oxygens (including phenoxy) is 2. The molecule has 0 spiro atoms. The molecule has 0 saturated heterocycles. The van der Waals surface area contributed by atoms with Crippen molar-refractivity contribution in [3.05, 3.63) is 59.4 Å². The van der Waals surface area contributed by atoms with Gasteiger partial charge in [-0.15, -0.1) is 0 Å². The number of halogens is 1. The fourth-order valence-electron chi connectivity index (χ4n) is 2.23. The standard InChI is InChI=1S/C19H20FNO6S/c1-3-4-11-27-19(23)13-5-8-15(9-6-13)21-28(24,25)17-12-14(18(22)26-2)7-10-16(17)20/h5-10,12,21H,3-4,11H2,1-2H3. The average molecular weight is 409 g/mol. The number of anilines is 1. The predicted octanol–water partition coefficient (Wildman–Crippen LogP) is 3.37. The van der Waals surface area contributed by atoms with E-state index in [2.05, 4.69) is 9.46 Å². The van der Waals surface area contributed by atoms with Crippen LogP contribution in [0.4, 0.5) is 10.1 Å². The van der Waals surface area contributed by atoms with Gasteiger partial charge in [-0.25, -0.2) is 22.4 Å². The molecule has 1 N–H and O–H groups in total. The van der Waals surface area contributed by atoms with Crippen molar-refractivity contribution in [2.24, 2.45) is 0 Å². The molecular weight excluding hydrogens is 389 g/mol. The predicted molar refractivity (Wildman–Crippen MR) is 100 cm³/mol. The molecule has 0 aliphatic rings. The highest BCUT2D eigenvalue weighted by atomic mass is 32.2. The minimum absolute atomic E-state index is 0.102. The Morgan fingerprint density at radius 3 is 2.29 bits per heavy atom. The highest BCUT2D eigenvalue weighted by Crippen LogP contribution is 2.21. The maximum Gasteiger partial charge on any atom is 0.338 e. The third kappa shape index (κ3) is 5.29. The molecule has 0 saturated carbocycles. The van der Waals surface area contributed by atoms with E-state index in [9.17, 15) is 22.4 Å². The molecule has 0 atom stereocenters. The monoisotopic (exact) mass is 409 g/mol. The van der Waals surface area contributed by atoms with Crippen LogP contribution in [0.3, 0.4) is 0 Å². The molecule has 0 heterocycles. The molecule has 0 unspecified atom stereocenters. The number of esters is 2. The van der Waals surface area contributed by atoms with E-state index < -0.39 is 32.7 Å². The Hall–Kier alpha value is -2.94. The van der Waals surface area contributed by atoms with Crippen LogP contribution in [0.5, 0.6) is 0 Å². The van der Waals surface area contributed by atoms with E-state index >= 15 is 0 Å². The summed E-state index contributed by atoms with van der Waals surface area (Å²) in [5, 5.41) is 0. The Kier molecular flexibility index (Phi) is 7.11. The van der Waals surface area contributed by atoms with Crippen LogP contribution < -0.4 is 4.72 Å². The van der Waals surface area contributed by atoms with Crippen molar-refractivity contribution in [1.82, 2.24) is 0 Å². The molecule has 150 valence electrons. The smallest absolute Gasteiger partial charge is 0.338 e. The Balaban J connectivity index is 2.18. The van der Waals surface area contributed by atoms with Crippen molar-refractivity contribution in [1.29, 1.82) is 0 Å². The Bertz CT molecular complexity index is 957. The zero-order chi connectivity index (χ0) is 20.7. The number of unbranched alkanes of at least 4 members (excludes halogenated alkanes) is 1. The van der Waals surface area contributed by atoms with E-state index in [0.717, 1.165) is 38.2 Å². The van der Waals surface area contributed by atoms with Crippen LogP contribution in [-0.4, -0.2) is 34.1 Å². The van der Waals surface area contributed by atoms with Gasteiger partial charge in [-0.05, 0) is 48.9 Å². The lowest BCUT2D eigenvalue weighted by Crippen LogP contribution is -2.16. The van der Waals surface area contributed by atoms with Gasteiger partial charge in [0.1, 0.15) is 10.7 Å². The molecule has 7 nitrogen and oxygen atoms in total. The average Bonchev–Trinajstić information content (AvgIpc) is 2.68. The number of carbonyl (C=O) groups is 2. The van der Waals surface area contributed by atoms with Crippen molar-refractivity contribution >= 4 is 27.6 Å². The maximum absolute atomic E-state index is 14.0. The summed E-state index contributed by atoms with van der Waals surface area (Å²) in [5.74, 6) is -2.32. The lowest BCUT2D eigenvalue weighted by atomic mass is 10.2. The van der Waals surface area contributed by atoms with E-state index in [0.29, 0.717) is 6.61 Å². The van der Waals surface area contributed by atoms with Crippen molar-refractivity contribution in [3.63, 3.8) is 0 Å². The molecule has 0 aliphatic heterocycles. The van der Waals surface area contributed by atoms with Crippen molar-refractivity contribution < 1.29 is 31.9 Å². The zero-order valence-corrected chi connectivity index (χ0v) is 16.2. The summed E-state index contributed by atoms with van der Waals surface area (Å²) in [5.41, 5.74) is 0.278. The van der Waals surface area contributed by atoms with Crippen LogP contribution in [0, 0.1) is 5.82 Å². The summed E-state index contributed by atoms with van der Waals surface area (Å²) in [6, 6.07) is 8.39. The van der Waals surface area contributed by atoms with Crippen molar-refractivity contribution in [3.8, 4) is 0 Å². The fourth-order valence-corrected chi connectivity index (χ4v) is 3.39. The van der Waals surface area contributed by atoms with Crippen LogP contribution in [0.25, 0.3) is 0 Å². The van der Waals surface area contributed by atoms with Gasteiger partial charge >= 0.3 is 11.9 Å². The van der Waals surface area contributed by atoms with Gasteiger partial charge < -0.3 is 9.47 Å². The molecular formula is C19H20FNO6S. The topological polar surface area (TPSA) is 98.8 Å². The van der Waals surface area contributed by atoms with Gasteiger partial charge in [-0.2, -0.15) is 0 Å². The molecule has 0 amide bonds. The number of carbonyl (C=O) groups excluding carboxylic acids is 2. The van der Waals surface area contributed by atoms with E-state index in [1.54, 1.807) is 0 Å². The molecule has 2 aromatic rings. The van der Waals surface area contributed by atoms with Gasteiger partial charge in [0.25, 0.3) is 10.0 Å². The zero-order valence-electron chi connectivity index (χ0n) is 15.4. The Morgan fingerprint density at radius 2 is 1.68 bits per heavy atom.